The molecular weight excluding hydrogens is 605 g/mol. The first kappa shape index (κ1) is 29.6. The fourth-order valence-electron chi connectivity index (χ4n) is 6.62. The smallest absolute Gasteiger partial charge is 0.342 e. The summed E-state index contributed by atoms with van der Waals surface area (Å²) in [5.74, 6) is 0. The highest BCUT2D eigenvalue weighted by Gasteiger charge is 2.26. The topological polar surface area (TPSA) is 29.5 Å². The van der Waals surface area contributed by atoms with E-state index in [0.717, 1.165) is 49.2 Å². The van der Waals surface area contributed by atoms with E-state index >= 15 is 0 Å². The van der Waals surface area contributed by atoms with E-state index in [1.165, 1.54) is 16.3 Å². The van der Waals surface area contributed by atoms with Crippen LogP contribution in [0.25, 0.3) is 54.3 Å². The van der Waals surface area contributed by atoms with Crippen molar-refractivity contribution in [2.24, 2.45) is 0 Å². The molecule has 0 spiro atoms. The fraction of sp³-hybridized carbons (Fsp3) is 0.0455. The number of rotatable bonds is 4. The van der Waals surface area contributed by atoms with Crippen LogP contribution in [0.15, 0.2) is 196 Å². The minimum absolute atomic E-state index is 0.107. The lowest BCUT2D eigenvalue weighted by Gasteiger charge is -2.29. The van der Waals surface area contributed by atoms with Crippen LogP contribution >= 0.6 is 8.16 Å². The standard InChI is InChI=1S/C44H34NO2P/c1-32(37-27-17-21-33-18-11-14-24-38(33)37)45(36-22-9-7-5-3-2-4-6-8-10-23-36)48-46-41-30-28-34-19-12-15-25-39(34)43(41)44-40-26-16-13-20-35(40)29-31-42(44)47-48/h2-32H,1H3/b3-2-,4-2?,5-3?,6-4-,7-5-,8-6?,9-7?,10-8-,22-9-,23-10?,36-22?,36-23+/t32-/m1/s1. The van der Waals surface area contributed by atoms with Gasteiger partial charge in [-0.15, -0.1) is 0 Å². The Labute approximate surface area is 281 Å². The van der Waals surface area contributed by atoms with Crippen molar-refractivity contribution >= 4 is 62.4 Å². The van der Waals surface area contributed by atoms with Crippen molar-refractivity contribution in [3.05, 3.63) is 193 Å². The fourth-order valence-corrected chi connectivity index (χ4v) is 8.20. The van der Waals surface area contributed by atoms with Gasteiger partial charge in [-0.05, 0) is 69.1 Å². The third kappa shape index (κ3) is 5.59. The molecule has 0 N–H and O–H groups in total. The molecule has 1 aliphatic rings. The highest BCUT2D eigenvalue weighted by Crippen LogP contribution is 2.47. The molecule has 0 saturated carbocycles. The summed E-state index contributed by atoms with van der Waals surface area (Å²) in [5.41, 5.74) is 3.80. The molecule has 0 unspecified atom stereocenters. The molecule has 6 aromatic carbocycles. The Morgan fingerprint density at radius 1 is 0.479 bits per heavy atom. The van der Waals surface area contributed by atoms with E-state index in [1.54, 1.807) is 0 Å². The minimum atomic E-state index is -1.71. The van der Waals surface area contributed by atoms with Crippen LogP contribution in [0, 0.1) is 0 Å². The van der Waals surface area contributed by atoms with Gasteiger partial charge in [-0.1, -0.05) is 158 Å². The molecule has 0 bridgehead atoms. The predicted octanol–water partition coefficient (Wildman–Crippen LogP) is 13.1. The van der Waals surface area contributed by atoms with Crippen molar-refractivity contribution in [3.8, 4) is 0 Å². The number of benzene rings is 6. The zero-order chi connectivity index (χ0) is 32.3. The number of allylic oxidation sites excluding steroid dienone is 11. The normalized spacial score (nSPS) is 18.4. The summed E-state index contributed by atoms with van der Waals surface area (Å²) in [6.07, 6.45) is 22.7. The second-order valence-corrected chi connectivity index (χ2v) is 13.1. The first-order valence-corrected chi connectivity index (χ1v) is 17.4. The van der Waals surface area contributed by atoms with Crippen molar-refractivity contribution in [2.75, 3.05) is 4.67 Å². The molecular formula is C44H34NO2P. The van der Waals surface area contributed by atoms with Gasteiger partial charge in [0.1, 0.15) is 11.2 Å². The van der Waals surface area contributed by atoms with Crippen LogP contribution in [0.5, 0.6) is 0 Å². The molecule has 1 aromatic heterocycles. The summed E-state index contributed by atoms with van der Waals surface area (Å²) in [5, 5.41) is 9.14. The molecule has 0 fully saturated rings. The van der Waals surface area contributed by atoms with Crippen molar-refractivity contribution in [3.63, 3.8) is 0 Å². The Morgan fingerprint density at radius 2 is 0.958 bits per heavy atom. The van der Waals surface area contributed by atoms with Gasteiger partial charge in [0.25, 0.3) is 0 Å². The van der Waals surface area contributed by atoms with Gasteiger partial charge in [-0.25, -0.2) is 0 Å². The minimum Gasteiger partial charge on any atom is -0.404 e. The van der Waals surface area contributed by atoms with Gasteiger partial charge in [0, 0.05) is 10.8 Å². The maximum absolute atomic E-state index is 7.17. The molecule has 1 aliphatic carbocycles. The maximum Gasteiger partial charge on any atom is 0.342 e. The zero-order valence-corrected chi connectivity index (χ0v) is 27.5. The van der Waals surface area contributed by atoms with Gasteiger partial charge in [0.15, 0.2) is 0 Å². The average molecular weight is 640 g/mol. The van der Waals surface area contributed by atoms with Gasteiger partial charge in [-0.3, -0.25) is 4.67 Å². The second-order valence-electron chi connectivity index (χ2n) is 11.8. The molecule has 1 heterocycles. The molecule has 0 amide bonds. The number of nitrogens with zero attached hydrogens (tertiary/aromatic N) is 1. The van der Waals surface area contributed by atoms with Crippen LogP contribution in [0.4, 0.5) is 0 Å². The lowest BCUT2D eigenvalue weighted by atomic mass is 9.99. The van der Waals surface area contributed by atoms with E-state index in [4.69, 9.17) is 8.39 Å². The summed E-state index contributed by atoms with van der Waals surface area (Å²) >= 11 is 0. The van der Waals surface area contributed by atoms with Crippen molar-refractivity contribution in [1.29, 1.82) is 0 Å². The monoisotopic (exact) mass is 639 g/mol. The molecule has 0 aliphatic heterocycles. The number of hydrogen-bond donors (Lipinski definition) is 0. The van der Waals surface area contributed by atoms with Crippen LogP contribution in [0.1, 0.15) is 18.5 Å². The van der Waals surface area contributed by atoms with E-state index in [2.05, 4.69) is 163 Å². The Bertz CT molecular complexity index is 2440. The van der Waals surface area contributed by atoms with Crippen LogP contribution in [-0.4, -0.2) is 0 Å². The highest BCUT2D eigenvalue weighted by molar-refractivity contribution is 7.39. The largest absolute Gasteiger partial charge is 0.404 e. The molecule has 48 heavy (non-hydrogen) atoms. The van der Waals surface area contributed by atoms with E-state index in [1.807, 2.05) is 30.4 Å². The lowest BCUT2D eigenvalue weighted by molar-refractivity contribution is 0.616. The van der Waals surface area contributed by atoms with Gasteiger partial charge >= 0.3 is 8.16 Å². The van der Waals surface area contributed by atoms with Gasteiger partial charge in [-0.2, -0.15) is 0 Å². The predicted molar refractivity (Wildman–Crippen MR) is 206 cm³/mol. The van der Waals surface area contributed by atoms with Crippen LogP contribution < -0.4 is 4.67 Å². The first-order chi connectivity index (χ1) is 23.8. The molecule has 232 valence electrons. The average Bonchev–Trinajstić information content (AvgIpc) is 3.29. The van der Waals surface area contributed by atoms with Gasteiger partial charge in [0.05, 0.1) is 11.7 Å². The zero-order valence-electron chi connectivity index (χ0n) is 26.6. The number of fused-ring (bicyclic) bond motifs is 8. The van der Waals surface area contributed by atoms with E-state index in [9.17, 15) is 0 Å². The van der Waals surface area contributed by atoms with Gasteiger partial charge < -0.3 is 8.39 Å². The van der Waals surface area contributed by atoms with Crippen LogP contribution in [0.3, 0.4) is 0 Å². The van der Waals surface area contributed by atoms with Crippen molar-refractivity contribution in [2.45, 2.75) is 13.0 Å². The second kappa shape index (κ2) is 13.2. The van der Waals surface area contributed by atoms with E-state index in [-0.39, 0.29) is 6.04 Å². The quantitative estimate of drug-likeness (QED) is 0.192. The van der Waals surface area contributed by atoms with E-state index in [0.29, 0.717) is 0 Å². The molecule has 0 radical (unpaired) electrons. The van der Waals surface area contributed by atoms with Crippen LogP contribution in [0.2, 0.25) is 0 Å². The summed E-state index contributed by atoms with van der Waals surface area (Å²) in [4.78, 5) is 0. The molecule has 3 nitrogen and oxygen atoms in total. The first-order valence-electron chi connectivity index (χ1n) is 16.3. The Balaban J connectivity index is 1.47. The molecule has 8 rings (SSSR count). The van der Waals surface area contributed by atoms with Crippen molar-refractivity contribution < 1.29 is 8.39 Å². The summed E-state index contributed by atoms with van der Waals surface area (Å²) in [6, 6.07) is 40.6. The Morgan fingerprint density at radius 3 is 1.56 bits per heavy atom. The molecule has 4 heteroatoms. The Hall–Kier alpha value is -5.76. The molecule has 1 atom stereocenters. The van der Waals surface area contributed by atoms with Gasteiger partial charge in [0.2, 0.25) is 0 Å². The third-order valence-corrected chi connectivity index (χ3v) is 10.5. The third-order valence-electron chi connectivity index (χ3n) is 8.89. The maximum atomic E-state index is 7.17. The highest BCUT2D eigenvalue weighted by atomic mass is 31.1. The molecule has 0 saturated heterocycles. The summed E-state index contributed by atoms with van der Waals surface area (Å²) < 4.78 is 16.7. The number of hydrogen-bond acceptors (Lipinski definition) is 3. The Kier molecular flexibility index (Phi) is 8.12. The van der Waals surface area contributed by atoms with Crippen molar-refractivity contribution in [1.82, 2.24) is 0 Å². The SMILES string of the molecule is C[C@H](c1cccc2ccccc12)N(C1=C/C=C\C=C/C=C\C=C/C=C\1)p1oc2ccc3ccccc3c2c2c(ccc3ccccc32)o1. The van der Waals surface area contributed by atoms with E-state index < -0.39 is 8.16 Å². The lowest BCUT2D eigenvalue weighted by Crippen LogP contribution is -2.22. The molecule has 7 aromatic rings. The summed E-state index contributed by atoms with van der Waals surface area (Å²) in [6.45, 7) is 2.25. The summed E-state index contributed by atoms with van der Waals surface area (Å²) in [7, 11) is -1.71. The van der Waals surface area contributed by atoms with Crippen LogP contribution in [-0.2, 0) is 0 Å².